The predicted octanol–water partition coefficient (Wildman–Crippen LogP) is 1.98. The van der Waals surface area contributed by atoms with Gasteiger partial charge in [-0.2, -0.15) is 0 Å². The Balaban J connectivity index is 1.27. The first kappa shape index (κ1) is 28.2. The Kier molecular flexibility index (Phi) is 7.82. The fraction of sp³-hybridized carbons (Fsp3) is 0.600. The van der Waals surface area contributed by atoms with E-state index in [9.17, 15) is 19.0 Å². The van der Waals surface area contributed by atoms with Gasteiger partial charge in [-0.05, 0) is 12.8 Å². The molecule has 0 spiro atoms. The molecule has 16 nitrogen and oxygen atoms in total. The zero-order valence-corrected chi connectivity index (χ0v) is 24.1. The van der Waals surface area contributed by atoms with Crippen LogP contribution in [-0.4, -0.2) is 77.7 Å². The van der Waals surface area contributed by atoms with Crippen LogP contribution >= 0.6 is 38.1 Å². The summed E-state index contributed by atoms with van der Waals surface area (Å²) >= 11 is 8.33. The van der Waals surface area contributed by atoms with E-state index in [1.165, 1.54) is 17.3 Å². The monoisotopic (exact) mass is 633 g/mol. The number of aliphatic hydroxyl groups excluding tert-OH is 1. The van der Waals surface area contributed by atoms with E-state index < -0.39 is 55.3 Å². The lowest BCUT2D eigenvalue weighted by Gasteiger charge is -2.26. The zero-order valence-electron chi connectivity index (χ0n) is 20.6. The van der Waals surface area contributed by atoms with E-state index in [1.807, 2.05) is 0 Å². The van der Waals surface area contributed by atoms with E-state index in [0.717, 1.165) is 0 Å². The molecule has 0 radical (unpaired) electrons. The Morgan fingerprint density at radius 1 is 1.07 bits per heavy atom. The molecule has 1 aliphatic heterocycles. The lowest BCUT2D eigenvalue weighted by atomic mass is 10.1. The van der Waals surface area contributed by atoms with Crippen molar-refractivity contribution in [2.24, 2.45) is 11.8 Å². The molecular formula is C20H25N7O9P2S2. The molecule has 0 aromatic carbocycles. The Morgan fingerprint density at radius 2 is 1.85 bits per heavy atom. The molecule has 3 aromatic heterocycles. The third-order valence-corrected chi connectivity index (χ3v) is 10.4. The number of rotatable bonds is 3. The number of aromatic amines is 1. The highest BCUT2D eigenvalue weighted by atomic mass is 32.7. The summed E-state index contributed by atoms with van der Waals surface area (Å²) in [6.07, 6.45) is 1.45. The van der Waals surface area contributed by atoms with Crippen molar-refractivity contribution in [3.63, 3.8) is 0 Å². The molecule has 2 saturated carbocycles. The van der Waals surface area contributed by atoms with E-state index in [-0.39, 0.29) is 36.9 Å². The molecule has 4 heterocycles. The average Bonchev–Trinajstić information content (AvgIpc) is 3.58. The van der Waals surface area contributed by atoms with Crippen LogP contribution in [0.1, 0.15) is 25.3 Å². The summed E-state index contributed by atoms with van der Waals surface area (Å²) in [5.74, 6) is -0.756. The molecule has 3 aromatic rings. The van der Waals surface area contributed by atoms with Gasteiger partial charge in [0.05, 0.1) is 37.8 Å². The van der Waals surface area contributed by atoms with Gasteiger partial charge in [0.15, 0.2) is 11.2 Å². The number of thiol groups is 2. The number of fused-ring (bicyclic) bond motifs is 4. The van der Waals surface area contributed by atoms with Crippen LogP contribution in [0.3, 0.4) is 0 Å². The molecule has 1 saturated heterocycles. The van der Waals surface area contributed by atoms with Gasteiger partial charge < -0.3 is 23.9 Å². The van der Waals surface area contributed by atoms with Crippen LogP contribution in [0, 0.1) is 11.8 Å². The molecule has 2 bridgehead atoms. The van der Waals surface area contributed by atoms with Crippen molar-refractivity contribution in [3.05, 3.63) is 35.3 Å². The van der Waals surface area contributed by atoms with Crippen LogP contribution < -0.4 is 10.3 Å². The Bertz CT molecular complexity index is 1530. The maximum absolute atomic E-state index is 13.4. The highest BCUT2D eigenvalue weighted by Gasteiger charge is 2.50. The molecule has 9 atom stereocenters. The molecule has 6 rings (SSSR count). The molecule has 216 valence electrons. The van der Waals surface area contributed by atoms with Crippen molar-refractivity contribution in [2.75, 3.05) is 13.2 Å². The van der Waals surface area contributed by atoms with E-state index in [2.05, 4.69) is 54.7 Å². The highest BCUT2D eigenvalue weighted by Crippen LogP contribution is 2.61. The topological polar surface area (TPSA) is 203 Å². The highest BCUT2D eigenvalue weighted by molar-refractivity contribution is 8.44. The SMILES string of the molecule is O=c1[nH]cnc2c1nnn2[C@@H]1C[C@@H]2CO[P@@](=O)(S)O[C@H]3C[C@H](Oc4ccncn4)C[C@@H]3CO[P@](=O)(S)O[C@@H]1[C@@H]2O. The number of hydrogen-bond acceptors (Lipinski definition) is 14. The lowest BCUT2D eigenvalue weighted by molar-refractivity contribution is 0.00533. The smallest absolute Gasteiger partial charge is 0.386 e. The molecule has 20 heteroatoms. The average molecular weight is 634 g/mol. The third-order valence-electron chi connectivity index (χ3n) is 7.18. The molecule has 3 aliphatic rings. The Hall–Kier alpha value is -1.88. The summed E-state index contributed by atoms with van der Waals surface area (Å²) in [7, 11) is 0. The van der Waals surface area contributed by atoms with Crippen LogP contribution in [0.5, 0.6) is 5.88 Å². The molecular weight excluding hydrogens is 608 g/mol. The molecule has 0 unspecified atom stereocenters. The number of H-pyrrole nitrogens is 1. The van der Waals surface area contributed by atoms with Crippen LogP contribution in [0.15, 0.2) is 29.7 Å². The summed E-state index contributed by atoms with van der Waals surface area (Å²) in [4.78, 5) is 26.6. The van der Waals surface area contributed by atoms with Gasteiger partial charge in [-0.3, -0.25) is 13.8 Å². The van der Waals surface area contributed by atoms with Crippen LogP contribution in [-0.2, 0) is 27.2 Å². The van der Waals surface area contributed by atoms with Gasteiger partial charge in [-0.25, -0.2) is 28.8 Å². The van der Waals surface area contributed by atoms with Crippen molar-refractivity contribution < 1.29 is 37.1 Å². The first-order valence-electron chi connectivity index (χ1n) is 12.3. The van der Waals surface area contributed by atoms with Crippen LogP contribution in [0.2, 0.25) is 0 Å². The normalized spacial score (nSPS) is 38.7. The van der Waals surface area contributed by atoms with Gasteiger partial charge in [0.25, 0.3) is 5.56 Å². The minimum atomic E-state index is -4.07. The van der Waals surface area contributed by atoms with E-state index in [4.69, 9.17) is 22.8 Å². The summed E-state index contributed by atoms with van der Waals surface area (Å²) < 4.78 is 56.8. The summed E-state index contributed by atoms with van der Waals surface area (Å²) in [5.41, 5.74) is -0.382. The Labute approximate surface area is 236 Å². The van der Waals surface area contributed by atoms with Crippen molar-refractivity contribution in [1.29, 1.82) is 0 Å². The van der Waals surface area contributed by atoms with E-state index in [1.54, 1.807) is 12.3 Å². The van der Waals surface area contributed by atoms with Crippen molar-refractivity contribution in [1.82, 2.24) is 34.9 Å². The summed E-state index contributed by atoms with van der Waals surface area (Å²) in [5, 5.41) is 19.1. The van der Waals surface area contributed by atoms with Crippen molar-refractivity contribution in [2.45, 2.75) is 49.7 Å². The van der Waals surface area contributed by atoms with Gasteiger partial charge >= 0.3 is 13.6 Å². The second kappa shape index (κ2) is 11.1. The molecule has 2 N–H and O–H groups in total. The largest absolute Gasteiger partial charge is 0.474 e. The third kappa shape index (κ3) is 5.87. The van der Waals surface area contributed by atoms with E-state index in [0.29, 0.717) is 18.7 Å². The minimum absolute atomic E-state index is 0.0191. The Morgan fingerprint density at radius 3 is 2.62 bits per heavy atom. The number of nitrogens with zero attached hydrogens (tertiary/aromatic N) is 6. The number of ether oxygens (including phenoxy) is 1. The first-order valence-corrected chi connectivity index (χ1v) is 17.7. The molecule has 3 fully saturated rings. The molecule has 2 aliphatic carbocycles. The van der Waals surface area contributed by atoms with Gasteiger partial charge in [0.2, 0.25) is 5.88 Å². The molecule has 0 amide bonds. The van der Waals surface area contributed by atoms with E-state index >= 15 is 0 Å². The quantitative estimate of drug-likeness (QED) is 0.241. The van der Waals surface area contributed by atoms with Gasteiger partial charge in [-0.1, -0.05) is 29.7 Å². The number of nitrogens with one attached hydrogen (secondary N) is 1. The standard InChI is InChI=1S/C20H25N7O9P2S2/c28-17-11-4-13(27-19-16(25-26-27)20(29)24-9-23-19)18(17)36-38(31,40)32-6-10-3-12(34-15-1-2-21-8-22-15)5-14(10)35-37(30,39)33-7-11/h1-2,8-14,17-18,28H,3-7H2,(H,30,39)(H,31,40)(H,23,24,29)/t10-,11-,12-,13-,14+,17-,18+,37-,38+/m1/s1. The summed E-state index contributed by atoms with van der Waals surface area (Å²) in [6.45, 7) is -8.37. The second-order valence-electron chi connectivity index (χ2n) is 9.75. The van der Waals surface area contributed by atoms with Gasteiger partial charge in [-0.15, -0.1) is 5.10 Å². The maximum Gasteiger partial charge on any atom is 0.386 e. The predicted molar refractivity (Wildman–Crippen MR) is 143 cm³/mol. The second-order valence-corrected chi connectivity index (χ2v) is 15.5. The van der Waals surface area contributed by atoms with Crippen molar-refractivity contribution in [3.8, 4) is 5.88 Å². The first-order chi connectivity index (χ1) is 19.1. The van der Waals surface area contributed by atoms with Crippen LogP contribution in [0.25, 0.3) is 11.2 Å². The number of hydrogen-bond donors (Lipinski definition) is 4. The number of aliphatic hydroxyl groups is 1. The molecule has 40 heavy (non-hydrogen) atoms. The number of aromatic nitrogens is 7. The fourth-order valence-corrected chi connectivity index (χ4v) is 8.48. The maximum atomic E-state index is 13.4. The summed E-state index contributed by atoms with van der Waals surface area (Å²) in [6, 6.07) is 0.815. The van der Waals surface area contributed by atoms with Gasteiger partial charge in [0.1, 0.15) is 18.5 Å². The minimum Gasteiger partial charge on any atom is -0.474 e. The zero-order chi connectivity index (χ0) is 28.1. The van der Waals surface area contributed by atoms with Gasteiger partial charge in [0, 0.05) is 30.5 Å². The van der Waals surface area contributed by atoms with Crippen molar-refractivity contribution >= 4 is 49.3 Å². The van der Waals surface area contributed by atoms with Crippen LogP contribution in [0.4, 0.5) is 0 Å². The lowest BCUT2D eigenvalue weighted by Crippen LogP contribution is -2.33. The fourth-order valence-electron chi connectivity index (χ4n) is 5.34.